The molecule has 0 saturated heterocycles. The van der Waals surface area contributed by atoms with Crippen LogP contribution in [0.4, 0.5) is 5.82 Å². The Kier molecular flexibility index (Phi) is 2.80. The molecule has 0 aliphatic rings. The van der Waals surface area contributed by atoms with Gasteiger partial charge in [-0.05, 0) is 29.0 Å². The minimum atomic E-state index is 0.487. The van der Waals surface area contributed by atoms with E-state index in [-0.39, 0.29) is 0 Å². The van der Waals surface area contributed by atoms with Gasteiger partial charge in [0.05, 0.1) is 15.5 Å². The van der Waals surface area contributed by atoms with Crippen LogP contribution in [0, 0.1) is 3.57 Å². The smallest absolute Gasteiger partial charge is 0.184 e. The van der Waals surface area contributed by atoms with Crippen LogP contribution in [0.15, 0.2) is 6.20 Å². The third-order valence-electron chi connectivity index (χ3n) is 1.92. The van der Waals surface area contributed by atoms with Gasteiger partial charge in [-0.2, -0.15) is 15.4 Å². The summed E-state index contributed by atoms with van der Waals surface area (Å²) in [6.45, 7) is 2.02. The van der Waals surface area contributed by atoms with Gasteiger partial charge in [0.25, 0.3) is 0 Å². The lowest BCUT2D eigenvalue weighted by Crippen LogP contribution is -2.04. The Morgan fingerprint density at radius 3 is 2.87 bits per heavy atom. The SMILES string of the molecule is CCc1nc(-c2cn[nH]n2)nc(N)c1I. The van der Waals surface area contributed by atoms with Crippen LogP contribution in [0.3, 0.4) is 0 Å². The van der Waals surface area contributed by atoms with Crippen molar-refractivity contribution in [2.75, 3.05) is 5.73 Å². The van der Waals surface area contributed by atoms with Gasteiger partial charge in [0.15, 0.2) is 5.82 Å². The first kappa shape index (κ1) is 10.3. The molecule has 0 unspecified atom stereocenters. The number of halogens is 1. The fourth-order valence-electron chi connectivity index (χ4n) is 1.17. The third-order valence-corrected chi connectivity index (χ3v) is 3.10. The number of anilines is 1. The van der Waals surface area contributed by atoms with Gasteiger partial charge in [-0.25, -0.2) is 9.97 Å². The lowest BCUT2D eigenvalue weighted by molar-refractivity contribution is 0.933. The number of aryl methyl sites for hydroxylation is 1. The highest BCUT2D eigenvalue weighted by molar-refractivity contribution is 14.1. The van der Waals surface area contributed by atoms with Gasteiger partial charge in [0.2, 0.25) is 0 Å². The number of rotatable bonds is 2. The van der Waals surface area contributed by atoms with Gasteiger partial charge in [-0.3, -0.25) is 0 Å². The molecule has 0 atom stereocenters. The number of nitrogens with zero attached hydrogens (tertiary/aromatic N) is 4. The summed E-state index contributed by atoms with van der Waals surface area (Å²) in [5, 5.41) is 10.1. The second-order valence-corrected chi connectivity index (χ2v) is 3.98. The van der Waals surface area contributed by atoms with Crippen molar-refractivity contribution in [3.05, 3.63) is 15.5 Å². The molecule has 3 N–H and O–H groups in total. The maximum atomic E-state index is 5.79. The average molecular weight is 316 g/mol. The Morgan fingerprint density at radius 2 is 2.27 bits per heavy atom. The van der Waals surface area contributed by atoms with Gasteiger partial charge in [0, 0.05) is 0 Å². The van der Waals surface area contributed by atoms with E-state index in [9.17, 15) is 0 Å². The molecule has 2 heterocycles. The Labute approximate surface area is 99.8 Å². The molecule has 6 nitrogen and oxygen atoms in total. The average Bonchev–Trinajstić information content (AvgIpc) is 2.75. The summed E-state index contributed by atoms with van der Waals surface area (Å²) in [5.74, 6) is 0.999. The van der Waals surface area contributed by atoms with Crippen LogP contribution in [0.2, 0.25) is 0 Å². The second kappa shape index (κ2) is 4.09. The van der Waals surface area contributed by atoms with E-state index in [0.29, 0.717) is 17.3 Å². The Bertz CT molecular complexity index is 466. The number of hydrogen-bond donors (Lipinski definition) is 2. The van der Waals surface area contributed by atoms with Crippen LogP contribution in [-0.2, 0) is 6.42 Å². The first-order valence-electron chi connectivity index (χ1n) is 4.40. The predicted octanol–water partition coefficient (Wildman–Crippen LogP) is 1.01. The zero-order chi connectivity index (χ0) is 10.8. The van der Waals surface area contributed by atoms with Gasteiger partial charge < -0.3 is 5.73 Å². The third kappa shape index (κ3) is 1.91. The van der Waals surface area contributed by atoms with Crippen molar-refractivity contribution in [1.82, 2.24) is 25.4 Å². The van der Waals surface area contributed by atoms with Crippen LogP contribution in [0.1, 0.15) is 12.6 Å². The second-order valence-electron chi connectivity index (χ2n) is 2.90. The van der Waals surface area contributed by atoms with E-state index in [1.807, 2.05) is 6.92 Å². The van der Waals surface area contributed by atoms with E-state index in [2.05, 4.69) is 48.0 Å². The number of nitrogen functional groups attached to an aromatic ring is 1. The lowest BCUT2D eigenvalue weighted by atomic mass is 10.3. The zero-order valence-electron chi connectivity index (χ0n) is 8.03. The lowest BCUT2D eigenvalue weighted by Gasteiger charge is -2.05. The van der Waals surface area contributed by atoms with E-state index in [0.717, 1.165) is 15.7 Å². The number of aromatic nitrogens is 5. The predicted molar refractivity (Wildman–Crippen MR) is 63.9 cm³/mol. The van der Waals surface area contributed by atoms with Crippen LogP contribution < -0.4 is 5.73 Å². The summed E-state index contributed by atoms with van der Waals surface area (Å²) in [6, 6.07) is 0. The fraction of sp³-hybridized carbons (Fsp3) is 0.250. The van der Waals surface area contributed by atoms with Crippen LogP contribution in [0.25, 0.3) is 11.5 Å². The number of aromatic amines is 1. The van der Waals surface area contributed by atoms with Gasteiger partial charge >= 0.3 is 0 Å². The van der Waals surface area contributed by atoms with E-state index in [1.54, 1.807) is 6.20 Å². The molecule has 0 amide bonds. The molecule has 7 heteroatoms. The standard InChI is InChI=1S/C8H9IN6/c1-2-4-6(9)7(10)13-8(12-4)5-3-11-15-14-5/h3H,2H2,1H3,(H2,10,12,13)(H,11,14,15). The topological polar surface area (TPSA) is 93.4 Å². The molecular formula is C8H9IN6. The molecule has 0 spiro atoms. The van der Waals surface area contributed by atoms with E-state index in [1.165, 1.54) is 0 Å². The molecule has 0 radical (unpaired) electrons. The summed E-state index contributed by atoms with van der Waals surface area (Å²) < 4.78 is 0.905. The van der Waals surface area contributed by atoms with Crippen LogP contribution in [-0.4, -0.2) is 25.4 Å². The van der Waals surface area contributed by atoms with Crippen molar-refractivity contribution in [3.8, 4) is 11.5 Å². The van der Waals surface area contributed by atoms with Gasteiger partial charge in [0.1, 0.15) is 11.5 Å². The maximum absolute atomic E-state index is 5.79. The van der Waals surface area contributed by atoms with Crippen molar-refractivity contribution < 1.29 is 0 Å². The van der Waals surface area contributed by atoms with Crippen molar-refractivity contribution in [2.24, 2.45) is 0 Å². The molecule has 0 aliphatic heterocycles. The molecule has 2 aromatic rings. The Hall–Kier alpha value is -1.25. The minimum Gasteiger partial charge on any atom is -0.383 e. The van der Waals surface area contributed by atoms with Crippen LogP contribution >= 0.6 is 22.6 Å². The summed E-state index contributed by atoms with van der Waals surface area (Å²) >= 11 is 2.15. The van der Waals surface area contributed by atoms with Crippen molar-refractivity contribution >= 4 is 28.4 Å². The molecule has 2 aromatic heterocycles. The van der Waals surface area contributed by atoms with Gasteiger partial charge in [-0.1, -0.05) is 6.92 Å². The first-order valence-corrected chi connectivity index (χ1v) is 5.48. The van der Waals surface area contributed by atoms with E-state index < -0.39 is 0 Å². The summed E-state index contributed by atoms with van der Waals surface area (Å²) in [7, 11) is 0. The van der Waals surface area contributed by atoms with Crippen molar-refractivity contribution in [2.45, 2.75) is 13.3 Å². The largest absolute Gasteiger partial charge is 0.383 e. The summed E-state index contributed by atoms with van der Waals surface area (Å²) in [5.41, 5.74) is 7.32. The highest BCUT2D eigenvalue weighted by Crippen LogP contribution is 2.20. The number of hydrogen-bond acceptors (Lipinski definition) is 5. The monoisotopic (exact) mass is 316 g/mol. The fourth-order valence-corrected chi connectivity index (χ4v) is 1.79. The van der Waals surface area contributed by atoms with Crippen molar-refractivity contribution in [3.63, 3.8) is 0 Å². The Morgan fingerprint density at radius 1 is 1.47 bits per heavy atom. The molecule has 15 heavy (non-hydrogen) atoms. The molecule has 0 saturated carbocycles. The minimum absolute atomic E-state index is 0.487. The summed E-state index contributed by atoms with van der Waals surface area (Å²) in [4.78, 5) is 8.53. The quantitative estimate of drug-likeness (QED) is 0.807. The van der Waals surface area contributed by atoms with E-state index >= 15 is 0 Å². The zero-order valence-corrected chi connectivity index (χ0v) is 10.2. The first-order chi connectivity index (χ1) is 7.22. The normalized spacial score (nSPS) is 10.5. The molecule has 2 rings (SSSR count). The molecule has 0 aromatic carbocycles. The highest BCUT2D eigenvalue weighted by atomic mass is 127. The Balaban J connectivity index is 2.55. The highest BCUT2D eigenvalue weighted by Gasteiger charge is 2.11. The van der Waals surface area contributed by atoms with Crippen molar-refractivity contribution in [1.29, 1.82) is 0 Å². The molecular weight excluding hydrogens is 307 g/mol. The number of H-pyrrole nitrogens is 1. The molecule has 0 bridgehead atoms. The molecule has 0 aliphatic carbocycles. The number of nitrogens with one attached hydrogen (secondary N) is 1. The number of nitrogens with two attached hydrogens (primary N) is 1. The molecule has 78 valence electrons. The van der Waals surface area contributed by atoms with Crippen LogP contribution in [0.5, 0.6) is 0 Å². The van der Waals surface area contributed by atoms with E-state index in [4.69, 9.17) is 5.73 Å². The summed E-state index contributed by atoms with van der Waals surface area (Å²) in [6.07, 6.45) is 2.39. The maximum Gasteiger partial charge on any atom is 0.184 e. The molecule has 0 fully saturated rings. The van der Waals surface area contributed by atoms with Gasteiger partial charge in [-0.15, -0.1) is 0 Å².